The zero-order valence-corrected chi connectivity index (χ0v) is 12.1. The van der Waals surface area contributed by atoms with E-state index in [0.29, 0.717) is 17.9 Å². The number of hydrogen-bond acceptors (Lipinski definition) is 4. The Morgan fingerprint density at radius 2 is 2.30 bits per heavy atom. The van der Waals surface area contributed by atoms with E-state index < -0.39 is 0 Å². The molecule has 0 bridgehead atoms. The molecule has 2 rings (SSSR count). The van der Waals surface area contributed by atoms with Crippen molar-refractivity contribution < 1.29 is 13.9 Å². The van der Waals surface area contributed by atoms with Gasteiger partial charge in [-0.05, 0) is 26.0 Å². The quantitative estimate of drug-likeness (QED) is 0.904. The SMILES string of the molecule is COC[C@H](NC(=O)c1cc(C)oc1C)c1ccnn1C. The summed E-state index contributed by atoms with van der Waals surface area (Å²) in [4.78, 5) is 12.3. The highest BCUT2D eigenvalue weighted by Crippen LogP contribution is 2.17. The summed E-state index contributed by atoms with van der Waals surface area (Å²) in [5.74, 6) is 1.15. The molecular weight excluding hydrogens is 258 g/mol. The molecule has 6 nitrogen and oxygen atoms in total. The first-order valence-corrected chi connectivity index (χ1v) is 6.37. The minimum atomic E-state index is -0.255. The van der Waals surface area contributed by atoms with Crippen LogP contribution in [0.3, 0.4) is 0 Å². The Kier molecular flexibility index (Phi) is 4.24. The third-order valence-electron chi connectivity index (χ3n) is 3.14. The van der Waals surface area contributed by atoms with E-state index in [1.165, 1.54) is 0 Å². The second kappa shape index (κ2) is 5.92. The number of ether oxygens (including phenoxy) is 1. The molecule has 0 saturated heterocycles. The van der Waals surface area contributed by atoms with Crippen molar-refractivity contribution in [2.24, 2.45) is 7.05 Å². The molecule has 0 aliphatic rings. The van der Waals surface area contributed by atoms with Gasteiger partial charge >= 0.3 is 0 Å². The highest BCUT2D eigenvalue weighted by Gasteiger charge is 2.21. The Bertz CT molecular complexity index is 601. The van der Waals surface area contributed by atoms with Gasteiger partial charge in [-0.2, -0.15) is 5.10 Å². The van der Waals surface area contributed by atoms with Crippen LogP contribution in [0, 0.1) is 13.8 Å². The summed E-state index contributed by atoms with van der Waals surface area (Å²) >= 11 is 0. The van der Waals surface area contributed by atoms with Crippen LogP contribution in [-0.2, 0) is 11.8 Å². The second-order valence-corrected chi connectivity index (χ2v) is 4.69. The van der Waals surface area contributed by atoms with Crippen LogP contribution in [0.1, 0.15) is 33.6 Å². The molecule has 0 unspecified atom stereocenters. The lowest BCUT2D eigenvalue weighted by Crippen LogP contribution is -2.32. The van der Waals surface area contributed by atoms with Crippen molar-refractivity contribution in [3.05, 3.63) is 41.1 Å². The molecule has 0 radical (unpaired) electrons. The van der Waals surface area contributed by atoms with Crippen LogP contribution in [0.15, 0.2) is 22.7 Å². The van der Waals surface area contributed by atoms with Gasteiger partial charge in [0.25, 0.3) is 5.91 Å². The van der Waals surface area contributed by atoms with Crippen molar-refractivity contribution >= 4 is 5.91 Å². The van der Waals surface area contributed by atoms with Crippen molar-refractivity contribution in [1.29, 1.82) is 0 Å². The average molecular weight is 277 g/mol. The van der Waals surface area contributed by atoms with Gasteiger partial charge in [0.1, 0.15) is 11.5 Å². The van der Waals surface area contributed by atoms with E-state index in [9.17, 15) is 4.79 Å². The summed E-state index contributed by atoms with van der Waals surface area (Å²) in [6, 6.07) is 3.34. The molecule has 1 N–H and O–H groups in total. The van der Waals surface area contributed by atoms with Crippen LogP contribution in [0.5, 0.6) is 0 Å². The highest BCUT2D eigenvalue weighted by atomic mass is 16.5. The number of carbonyl (C=O) groups is 1. The molecule has 1 amide bonds. The molecule has 20 heavy (non-hydrogen) atoms. The smallest absolute Gasteiger partial charge is 0.255 e. The summed E-state index contributed by atoms with van der Waals surface area (Å²) in [5, 5.41) is 7.06. The Balaban J connectivity index is 2.18. The van der Waals surface area contributed by atoms with E-state index in [0.717, 1.165) is 11.5 Å². The minimum absolute atomic E-state index is 0.178. The fourth-order valence-corrected chi connectivity index (χ4v) is 2.19. The predicted molar refractivity (Wildman–Crippen MR) is 73.5 cm³/mol. The number of methoxy groups -OCH3 is 1. The van der Waals surface area contributed by atoms with Gasteiger partial charge in [-0.3, -0.25) is 9.48 Å². The Hall–Kier alpha value is -2.08. The molecule has 0 spiro atoms. The molecule has 0 fully saturated rings. The molecule has 2 aromatic rings. The number of aromatic nitrogens is 2. The van der Waals surface area contributed by atoms with Crippen LogP contribution in [0.4, 0.5) is 0 Å². The summed E-state index contributed by atoms with van der Waals surface area (Å²) in [7, 11) is 3.43. The molecular formula is C14H19N3O3. The summed E-state index contributed by atoms with van der Waals surface area (Å²) in [6.45, 7) is 3.97. The van der Waals surface area contributed by atoms with Crippen LogP contribution < -0.4 is 5.32 Å². The van der Waals surface area contributed by atoms with Crippen molar-refractivity contribution in [3.63, 3.8) is 0 Å². The molecule has 0 saturated carbocycles. The number of carbonyl (C=O) groups excluding carboxylic acids is 1. The number of furan rings is 1. The molecule has 0 aliphatic carbocycles. The predicted octanol–water partition coefficient (Wildman–Crippen LogP) is 1.75. The van der Waals surface area contributed by atoms with Crippen LogP contribution in [0.2, 0.25) is 0 Å². The Labute approximate surface area is 117 Å². The van der Waals surface area contributed by atoms with Crippen molar-refractivity contribution in [1.82, 2.24) is 15.1 Å². The standard InChI is InChI=1S/C14H19N3O3/c1-9-7-11(10(2)20-9)14(18)16-12(8-19-4)13-5-6-15-17(13)3/h5-7,12H,8H2,1-4H3,(H,16,18)/t12-/m0/s1. The number of aryl methyl sites for hydroxylation is 3. The Morgan fingerprint density at radius 1 is 1.55 bits per heavy atom. The fraction of sp³-hybridized carbons (Fsp3) is 0.429. The van der Waals surface area contributed by atoms with E-state index in [4.69, 9.17) is 9.15 Å². The third-order valence-corrected chi connectivity index (χ3v) is 3.14. The topological polar surface area (TPSA) is 69.3 Å². The van der Waals surface area contributed by atoms with Gasteiger partial charge in [-0.25, -0.2) is 0 Å². The molecule has 0 aliphatic heterocycles. The molecule has 6 heteroatoms. The molecule has 108 valence electrons. The second-order valence-electron chi connectivity index (χ2n) is 4.69. The number of rotatable bonds is 5. The van der Waals surface area contributed by atoms with Gasteiger partial charge in [0.15, 0.2) is 0 Å². The number of nitrogens with zero attached hydrogens (tertiary/aromatic N) is 2. The first kappa shape index (κ1) is 14.3. The zero-order chi connectivity index (χ0) is 14.7. The van der Waals surface area contributed by atoms with Gasteiger partial charge in [0.2, 0.25) is 0 Å². The van der Waals surface area contributed by atoms with Gasteiger partial charge in [0.05, 0.1) is 23.9 Å². The monoisotopic (exact) mass is 277 g/mol. The summed E-state index contributed by atoms with van der Waals surface area (Å²) in [6.07, 6.45) is 1.69. The number of hydrogen-bond donors (Lipinski definition) is 1. The van der Waals surface area contributed by atoms with Crippen LogP contribution >= 0.6 is 0 Å². The summed E-state index contributed by atoms with van der Waals surface area (Å²) < 4.78 is 12.3. The molecule has 1 atom stereocenters. The summed E-state index contributed by atoms with van der Waals surface area (Å²) in [5.41, 5.74) is 1.43. The van der Waals surface area contributed by atoms with E-state index in [-0.39, 0.29) is 11.9 Å². The zero-order valence-electron chi connectivity index (χ0n) is 12.1. The third kappa shape index (κ3) is 2.91. The Morgan fingerprint density at radius 3 is 2.80 bits per heavy atom. The molecule has 2 aromatic heterocycles. The maximum absolute atomic E-state index is 12.3. The van der Waals surface area contributed by atoms with E-state index in [1.807, 2.05) is 20.0 Å². The lowest BCUT2D eigenvalue weighted by atomic mass is 10.1. The van der Waals surface area contributed by atoms with Gasteiger partial charge in [-0.15, -0.1) is 0 Å². The highest BCUT2D eigenvalue weighted by molar-refractivity contribution is 5.95. The van der Waals surface area contributed by atoms with Gasteiger partial charge < -0.3 is 14.5 Å². The maximum Gasteiger partial charge on any atom is 0.255 e. The first-order valence-electron chi connectivity index (χ1n) is 6.37. The van der Waals surface area contributed by atoms with E-state index >= 15 is 0 Å². The van der Waals surface area contributed by atoms with E-state index in [1.54, 1.807) is 31.0 Å². The lowest BCUT2D eigenvalue weighted by molar-refractivity contribution is 0.0891. The van der Waals surface area contributed by atoms with Crippen molar-refractivity contribution in [3.8, 4) is 0 Å². The number of amides is 1. The first-order chi connectivity index (χ1) is 9.52. The lowest BCUT2D eigenvalue weighted by Gasteiger charge is -2.18. The van der Waals surface area contributed by atoms with E-state index in [2.05, 4.69) is 10.4 Å². The van der Waals surface area contributed by atoms with Crippen LogP contribution in [0.25, 0.3) is 0 Å². The van der Waals surface area contributed by atoms with Crippen molar-refractivity contribution in [2.75, 3.05) is 13.7 Å². The minimum Gasteiger partial charge on any atom is -0.466 e. The molecule has 0 aromatic carbocycles. The van der Waals surface area contributed by atoms with Gasteiger partial charge in [0, 0.05) is 20.4 Å². The number of nitrogens with one attached hydrogen (secondary N) is 1. The van der Waals surface area contributed by atoms with Crippen LogP contribution in [-0.4, -0.2) is 29.4 Å². The fourth-order valence-electron chi connectivity index (χ4n) is 2.19. The average Bonchev–Trinajstić information content (AvgIpc) is 2.94. The van der Waals surface area contributed by atoms with Crippen molar-refractivity contribution in [2.45, 2.75) is 19.9 Å². The molecule has 2 heterocycles. The maximum atomic E-state index is 12.3. The normalized spacial score (nSPS) is 12.4. The largest absolute Gasteiger partial charge is 0.466 e. The van der Waals surface area contributed by atoms with Gasteiger partial charge in [-0.1, -0.05) is 0 Å².